The highest BCUT2D eigenvalue weighted by Crippen LogP contribution is 2.50. The quantitative estimate of drug-likeness (QED) is 0.482. The van der Waals surface area contributed by atoms with Gasteiger partial charge >= 0.3 is 0 Å². The van der Waals surface area contributed by atoms with Crippen molar-refractivity contribution >= 4 is 28.9 Å². The molecule has 166 valence electrons. The number of aliphatic hydroxyl groups excluding tert-OH is 2. The monoisotopic (exact) mass is 438 g/mol. The Kier molecular flexibility index (Phi) is 4.91. The lowest BCUT2D eigenvalue weighted by Crippen LogP contribution is -2.42. The van der Waals surface area contributed by atoms with Gasteiger partial charge in [0.1, 0.15) is 17.3 Å². The number of Topliss-reactive ketones (excluding diaryl/α,β-unsaturated/α-hetero) is 5. The van der Waals surface area contributed by atoms with Gasteiger partial charge < -0.3 is 15.3 Å². The largest absolute Gasteiger partial charge is 0.511 e. The number of aromatic hydroxyl groups is 1. The van der Waals surface area contributed by atoms with Crippen LogP contribution in [0, 0.1) is 17.8 Å². The van der Waals surface area contributed by atoms with Crippen LogP contribution >= 0.6 is 0 Å². The third-order valence-corrected chi connectivity index (χ3v) is 6.75. The molecular weight excluding hydrogens is 416 g/mol. The van der Waals surface area contributed by atoms with Crippen LogP contribution in [-0.4, -0.2) is 44.2 Å². The minimum Gasteiger partial charge on any atom is -0.511 e. The third kappa shape index (κ3) is 2.93. The molecule has 4 rings (SSSR count). The second kappa shape index (κ2) is 7.25. The lowest BCUT2D eigenvalue weighted by molar-refractivity contribution is -0.125. The minimum absolute atomic E-state index is 0.00823. The molecule has 0 aliphatic heterocycles. The highest BCUT2D eigenvalue weighted by molar-refractivity contribution is 6.23. The van der Waals surface area contributed by atoms with Crippen molar-refractivity contribution < 1.29 is 39.3 Å². The maximum Gasteiger partial charge on any atom is 0.196 e. The normalized spacial score (nSPS) is 24.7. The zero-order chi connectivity index (χ0) is 23.6. The minimum atomic E-state index is -1.15. The fourth-order valence-corrected chi connectivity index (χ4v) is 5.40. The fourth-order valence-electron chi connectivity index (χ4n) is 5.40. The zero-order valence-corrected chi connectivity index (χ0v) is 17.8. The number of phenols is 1. The first-order valence-electron chi connectivity index (χ1n) is 10.3. The predicted molar refractivity (Wildman–Crippen MR) is 111 cm³/mol. The van der Waals surface area contributed by atoms with E-state index >= 15 is 0 Å². The Hall–Kier alpha value is -3.55. The second-order valence-electron chi connectivity index (χ2n) is 8.74. The first-order chi connectivity index (χ1) is 15.0. The summed E-state index contributed by atoms with van der Waals surface area (Å²) >= 11 is 0. The summed E-state index contributed by atoms with van der Waals surface area (Å²) in [6, 6.07) is 1.28. The summed E-state index contributed by atoms with van der Waals surface area (Å²) in [6.45, 7) is 3.64. The van der Waals surface area contributed by atoms with E-state index in [1.165, 1.54) is 19.9 Å². The third-order valence-electron chi connectivity index (χ3n) is 6.75. The molecule has 0 radical (unpaired) electrons. The Labute approximate surface area is 183 Å². The summed E-state index contributed by atoms with van der Waals surface area (Å²) in [7, 11) is 0. The summed E-state index contributed by atoms with van der Waals surface area (Å²) in [5.74, 6) is -6.57. The van der Waals surface area contributed by atoms with Crippen LogP contribution in [0.25, 0.3) is 0 Å². The van der Waals surface area contributed by atoms with Gasteiger partial charge in [0.25, 0.3) is 0 Å². The van der Waals surface area contributed by atoms with E-state index in [9.17, 15) is 39.3 Å². The molecule has 32 heavy (non-hydrogen) atoms. The molecule has 0 saturated carbocycles. The molecule has 1 aromatic carbocycles. The van der Waals surface area contributed by atoms with Gasteiger partial charge in [0.2, 0.25) is 0 Å². The van der Waals surface area contributed by atoms with Crippen molar-refractivity contribution in [2.24, 2.45) is 17.8 Å². The number of fused-ring (bicyclic) bond motifs is 3. The summed E-state index contributed by atoms with van der Waals surface area (Å²) in [5, 5.41) is 31.9. The van der Waals surface area contributed by atoms with Crippen LogP contribution in [0.3, 0.4) is 0 Å². The Morgan fingerprint density at radius 2 is 1.53 bits per heavy atom. The number of benzene rings is 1. The number of carbonyl (C=O) groups is 5. The molecule has 8 heteroatoms. The van der Waals surface area contributed by atoms with E-state index in [0.29, 0.717) is 5.56 Å². The summed E-state index contributed by atoms with van der Waals surface area (Å²) < 4.78 is 0. The Bertz CT molecular complexity index is 1210. The molecule has 3 aliphatic carbocycles. The molecule has 1 aromatic rings. The number of hydrogen-bond donors (Lipinski definition) is 3. The van der Waals surface area contributed by atoms with E-state index in [1.807, 2.05) is 0 Å². The number of rotatable bonds is 3. The van der Waals surface area contributed by atoms with Crippen LogP contribution in [0.15, 0.2) is 28.7 Å². The molecule has 3 aliphatic rings. The second-order valence-corrected chi connectivity index (χ2v) is 8.74. The van der Waals surface area contributed by atoms with E-state index < -0.39 is 52.4 Å². The fraction of sp³-hybridized carbons (Fsp3) is 0.375. The highest BCUT2D eigenvalue weighted by Gasteiger charge is 2.50. The van der Waals surface area contributed by atoms with Crippen molar-refractivity contribution in [2.75, 3.05) is 0 Å². The van der Waals surface area contributed by atoms with Gasteiger partial charge in [-0.05, 0) is 57.1 Å². The van der Waals surface area contributed by atoms with Crippen LogP contribution in [0.1, 0.15) is 70.3 Å². The molecule has 3 atom stereocenters. The van der Waals surface area contributed by atoms with E-state index in [2.05, 4.69) is 0 Å². The van der Waals surface area contributed by atoms with Crippen LogP contribution < -0.4 is 0 Å². The molecule has 3 unspecified atom stereocenters. The Morgan fingerprint density at radius 3 is 2.09 bits per heavy atom. The lowest BCUT2D eigenvalue weighted by atomic mass is 9.62. The molecule has 0 amide bonds. The SMILES string of the molecule is CC(=O)C1=C(O)CC2CC3Cc4c(C(C)=O)cc(C(C)=O)c(O)c4C(=O)C3=C(O)C2C1=O. The summed E-state index contributed by atoms with van der Waals surface area (Å²) in [6.07, 6.45) is 0.416. The standard InChI is InChI=1S/C24H22O8/c1-8(25)13-7-14(9(2)26)21(29)20-15(13)5-11-4-12-6-16(28)17(10(3)27)22(30)19(12)23(31)18(11)24(20)32/h7,11-12,19,28-29,31H,4-6H2,1-3H3. The van der Waals surface area contributed by atoms with Gasteiger partial charge in [0, 0.05) is 17.6 Å². The van der Waals surface area contributed by atoms with Crippen LogP contribution in [-0.2, 0) is 16.0 Å². The number of hydrogen-bond acceptors (Lipinski definition) is 8. The van der Waals surface area contributed by atoms with Crippen LogP contribution in [0.4, 0.5) is 0 Å². The highest BCUT2D eigenvalue weighted by atomic mass is 16.3. The van der Waals surface area contributed by atoms with Crippen molar-refractivity contribution in [3.05, 3.63) is 51.0 Å². The van der Waals surface area contributed by atoms with Crippen molar-refractivity contribution in [1.29, 1.82) is 0 Å². The first kappa shape index (κ1) is 21.7. The average Bonchev–Trinajstić information content (AvgIpc) is 2.66. The zero-order valence-electron chi connectivity index (χ0n) is 17.8. The molecule has 0 aromatic heterocycles. The number of aliphatic hydroxyl groups is 2. The number of ketones is 5. The van der Waals surface area contributed by atoms with Gasteiger partial charge in [0.15, 0.2) is 28.9 Å². The average molecular weight is 438 g/mol. The van der Waals surface area contributed by atoms with Crippen LogP contribution in [0.2, 0.25) is 0 Å². The van der Waals surface area contributed by atoms with E-state index in [-0.39, 0.29) is 58.6 Å². The molecule has 0 heterocycles. The number of allylic oxidation sites excluding steroid dienone is 4. The van der Waals surface area contributed by atoms with Gasteiger partial charge in [-0.3, -0.25) is 24.0 Å². The molecule has 0 bridgehead atoms. The smallest absolute Gasteiger partial charge is 0.196 e. The van der Waals surface area contributed by atoms with Crippen LogP contribution in [0.5, 0.6) is 5.75 Å². The molecule has 0 fully saturated rings. The van der Waals surface area contributed by atoms with Crippen molar-refractivity contribution in [3.8, 4) is 5.75 Å². The number of phenolic OH excluding ortho intramolecular Hbond substituents is 1. The first-order valence-corrected chi connectivity index (χ1v) is 10.3. The van der Waals surface area contributed by atoms with Crippen molar-refractivity contribution in [2.45, 2.75) is 40.0 Å². The Balaban J connectivity index is 1.92. The topological polar surface area (TPSA) is 146 Å². The van der Waals surface area contributed by atoms with Crippen molar-refractivity contribution in [1.82, 2.24) is 0 Å². The van der Waals surface area contributed by atoms with E-state index in [0.717, 1.165) is 6.92 Å². The molecular formula is C24H22O8. The van der Waals surface area contributed by atoms with Gasteiger partial charge in [-0.25, -0.2) is 0 Å². The number of carbonyl (C=O) groups excluding carboxylic acids is 5. The van der Waals surface area contributed by atoms with Crippen molar-refractivity contribution in [3.63, 3.8) is 0 Å². The van der Waals surface area contributed by atoms with Gasteiger partial charge in [-0.1, -0.05) is 0 Å². The Morgan fingerprint density at radius 1 is 0.906 bits per heavy atom. The van der Waals surface area contributed by atoms with Gasteiger partial charge in [0.05, 0.1) is 22.6 Å². The molecule has 8 nitrogen and oxygen atoms in total. The van der Waals surface area contributed by atoms with Gasteiger partial charge in [-0.15, -0.1) is 0 Å². The lowest BCUT2D eigenvalue weighted by Gasteiger charge is -2.41. The van der Waals surface area contributed by atoms with E-state index in [1.54, 1.807) is 0 Å². The molecule has 3 N–H and O–H groups in total. The summed E-state index contributed by atoms with van der Waals surface area (Å²) in [5.41, 5.74) is -0.361. The molecule has 0 spiro atoms. The van der Waals surface area contributed by atoms with E-state index in [4.69, 9.17) is 0 Å². The predicted octanol–water partition coefficient (Wildman–Crippen LogP) is 2.97. The molecule has 0 saturated heterocycles. The maximum absolute atomic E-state index is 13.5. The summed E-state index contributed by atoms with van der Waals surface area (Å²) in [4.78, 5) is 62.5. The van der Waals surface area contributed by atoms with Gasteiger partial charge in [-0.2, -0.15) is 0 Å². The maximum atomic E-state index is 13.5.